The summed E-state index contributed by atoms with van der Waals surface area (Å²) in [5.74, 6) is 1.18. The van der Waals surface area contributed by atoms with Gasteiger partial charge in [-0.15, -0.1) is 0 Å². The van der Waals surface area contributed by atoms with Gasteiger partial charge in [-0.25, -0.2) is 9.98 Å². The Kier molecular flexibility index (Phi) is 6.72. The van der Waals surface area contributed by atoms with Gasteiger partial charge in [-0.05, 0) is 37.0 Å². The summed E-state index contributed by atoms with van der Waals surface area (Å²) in [5, 5.41) is 32.4. The molecule has 1 aliphatic heterocycles. The van der Waals surface area contributed by atoms with Crippen molar-refractivity contribution in [1.29, 1.82) is 15.8 Å². The van der Waals surface area contributed by atoms with Crippen LogP contribution in [-0.4, -0.2) is 17.6 Å². The van der Waals surface area contributed by atoms with E-state index in [0.717, 1.165) is 24.8 Å². The number of pyridine rings is 1. The van der Waals surface area contributed by atoms with Crippen molar-refractivity contribution in [1.82, 2.24) is 10.3 Å². The second kappa shape index (κ2) is 9.82. The first kappa shape index (κ1) is 21.2. The first-order valence-electron chi connectivity index (χ1n) is 9.67. The van der Waals surface area contributed by atoms with E-state index in [-0.39, 0.29) is 23.0 Å². The highest BCUT2D eigenvalue weighted by atomic mass is 16.5. The Balaban J connectivity index is 1.91. The van der Waals surface area contributed by atoms with Gasteiger partial charge >= 0.3 is 0 Å². The smallest absolute Gasteiger partial charge is 0.211 e. The molecule has 0 saturated heterocycles. The maximum absolute atomic E-state index is 9.41. The minimum atomic E-state index is -0.619. The van der Waals surface area contributed by atoms with Crippen LogP contribution < -0.4 is 26.8 Å². The maximum atomic E-state index is 9.41. The summed E-state index contributed by atoms with van der Waals surface area (Å²) in [6, 6.07) is 10.9. The van der Waals surface area contributed by atoms with Gasteiger partial charge in [-0.1, -0.05) is 12.1 Å². The Morgan fingerprint density at radius 2 is 2.00 bits per heavy atom. The van der Waals surface area contributed by atoms with Crippen molar-refractivity contribution < 1.29 is 4.74 Å². The van der Waals surface area contributed by atoms with Crippen molar-refractivity contribution in [2.45, 2.75) is 31.7 Å². The highest BCUT2D eigenvalue weighted by Gasteiger charge is 2.29. The molecule has 0 spiro atoms. The molecule has 1 aliphatic rings. The van der Waals surface area contributed by atoms with Crippen LogP contribution in [0.25, 0.3) is 0 Å². The number of aliphatic imine (C=N–C) groups is 1. The molecule has 31 heavy (non-hydrogen) atoms. The summed E-state index contributed by atoms with van der Waals surface area (Å²) in [6.07, 6.45) is 4.99. The number of ether oxygens (including phenoxy) is 1. The topological polar surface area (TPSA) is 182 Å². The van der Waals surface area contributed by atoms with Crippen LogP contribution in [0.3, 0.4) is 0 Å². The molecule has 0 aliphatic carbocycles. The lowest BCUT2D eigenvalue weighted by molar-refractivity contribution is 0.305. The molecule has 0 bridgehead atoms. The van der Waals surface area contributed by atoms with E-state index in [1.807, 2.05) is 36.5 Å². The number of rotatable bonds is 7. The summed E-state index contributed by atoms with van der Waals surface area (Å²) in [5.41, 5.74) is 13.6. The standard InChI is InChI=1S/C21H21N9O/c22-8-3-1-2-4-9-31-14-7-5-6-13(10-14)18-16-17(25)15(11-23)19(26)29-20(16)30-21(28-18)27-12-24/h5-7,10,18H,1-4,9H2,(H6,25,26,27,28,29,30). The molecule has 2 heterocycles. The SMILES string of the molecule is N#CCCCCCOc1cccc(C2N=C(NC#N)Nc3nc(N)c(C#N)c(N)c32)c1. The fourth-order valence-electron chi connectivity index (χ4n) is 3.27. The summed E-state index contributed by atoms with van der Waals surface area (Å²) in [6.45, 7) is 0.529. The molecule has 6 N–H and O–H groups in total. The van der Waals surface area contributed by atoms with Gasteiger partial charge in [-0.3, -0.25) is 5.32 Å². The van der Waals surface area contributed by atoms with Crippen LogP contribution in [0.1, 0.15) is 48.4 Å². The average Bonchev–Trinajstić information content (AvgIpc) is 2.76. The summed E-state index contributed by atoms with van der Waals surface area (Å²) in [7, 11) is 0. The van der Waals surface area contributed by atoms with Gasteiger partial charge in [0, 0.05) is 12.0 Å². The van der Waals surface area contributed by atoms with E-state index in [1.54, 1.807) is 0 Å². The molecule has 0 amide bonds. The molecule has 1 atom stereocenters. The zero-order chi connectivity index (χ0) is 22.2. The van der Waals surface area contributed by atoms with Gasteiger partial charge < -0.3 is 21.5 Å². The average molecular weight is 415 g/mol. The first-order chi connectivity index (χ1) is 15.1. The summed E-state index contributed by atoms with van der Waals surface area (Å²) in [4.78, 5) is 8.78. The van der Waals surface area contributed by atoms with E-state index in [1.165, 1.54) is 0 Å². The number of nitrogens with zero attached hydrogens (tertiary/aromatic N) is 5. The van der Waals surface area contributed by atoms with Crippen molar-refractivity contribution in [3.63, 3.8) is 0 Å². The number of nitrogen functional groups attached to an aromatic ring is 2. The van der Waals surface area contributed by atoms with Crippen LogP contribution in [0.2, 0.25) is 0 Å². The molecule has 0 saturated carbocycles. The number of benzene rings is 1. The molecule has 10 nitrogen and oxygen atoms in total. The molecule has 1 unspecified atom stereocenters. The van der Waals surface area contributed by atoms with Crippen molar-refractivity contribution in [2.75, 3.05) is 23.4 Å². The second-order valence-electron chi connectivity index (χ2n) is 6.79. The minimum Gasteiger partial charge on any atom is -0.494 e. The van der Waals surface area contributed by atoms with E-state index in [0.29, 0.717) is 30.2 Å². The third-order valence-electron chi connectivity index (χ3n) is 4.73. The van der Waals surface area contributed by atoms with Gasteiger partial charge in [0.25, 0.3) is 0 Å². The van der Waals surface area contributed by atoms with E-state index >= 15 is 0 Å². The largest absolute Gasteiger partial charge is 0.494 e. The molecule has 1 aromatic heterocycles. The number of guanidine groups is 1. The third-order valence-corrected chi connectivity index (χ3v) is 4.73. The van der Waals surface area contributed by atoms with Crippen LogP contribution in [0, 0.1) is 34.1 Å². The Hall–Kier alpha value is -4.49. The quantitative estimate of drug-likeness (QED) is 0.300. The Morgan fingerprint density at radius 3 is 2.74 bits per heavy atom. The van der Waals surface area contributed by atoms with Crippen molar-refractivity contribution in [3.8, 4) is 24.1 Å². The normalized spacial score (nSPS) is 14.1. The number of unbranched alkanes of at least 4 members (excludes halogenated alkanes) is 3. The van der Waals surface area contributed by atoms with E-state index in [4.69, 9.17) is 26.7 Å². The van der Waals surface area contributed by atoms with Crippen LogP contribution in [-0.2, 0) is 0 Å². The predicted octanol–water partition coefficient (Wildman–Crippen LogP) is 2.52. The molecular formula is C21H21N9O. The highest BCUT2D eigenvalue weighted by Crippen LogP contribution is 2.41. The fourth-order valence-corrected chi connectivity index (χ4v) is 3.27. The Labute approximate surface area is 179 Å². The summed E-state index contributed by atoms with van der Waals surface area (Å²) < 4.78 is 5.84. The fraction of sp³-hybridized carbons (Fsp3) is 0.286. The van der Waals surface area contributed by atoms with Crippen LogP contribution in [0.4, 0.5) is 17.3 Å². The van der Waals surface area contributed by atoms with Gasteiger partial charge in [0.05, 0.1) is 18.4 Å². The van der Waals surface area contributed by atoms with E-state index < -0.39 is 6.04 Å². The Morgan fingerprint density at radius 1 is 1.16 bits per heavy atom. The van der Waals surface area contributed by atoms with Gasteiger partial charge in [0.1, 0.15) is 35.1 Å². The minimum absolute atomic E-state index is 0.00307. The molecule has 156 valence electrons. The first-order valence-corrected chi connectivity index (χ1v) is 9.67. The van der Waals surface area contributed by atoms with Gasteiger partial charge in [0.15, 0.2) is 6.19 Å². The molecule has 0 radical (unpaired) electrons. The summed E-state index contributed by atoms with van der Waals surface area (Å²) >= 11 is 0. The number of hydrogen-bond donors (Lipinski definition) is 4. The Bertz CT molecular complexity index is 1120. The number of hydrogen-bond acceptors (Lipinski definition) is 10. The highest BCUT2D eigenvalue weighted by molar-refractivity contribution is 5.98. The van der Waals surface area contributed by atoms with Gasteiger partial charge in [-0.2, -0.15) is 15.8 Å². The number of nitrogens with one attached hydrogen (secondary N) is 2. The van der Waals surface area contributed by atoms with Crippen LogP contribution in [0.5, 0.6) is 5.75 Å². The monoisotopic (exact) mass is 415 g/mol. The lowest BCUT2D eigenvalue weighted by Gasteiger charge is -2.26. The number of aromatic nitrogens is 1. The molecule has 10 heteroatoms. The van der Waals surface area contributed by atoms with E-state index in [2.05, 4.69) is 26.7 Å². The van der Waals surface area contributed by atoms with Crippen molar-refractivity contribution in [3.05, 3.63) is 41.0 Å². The van der Waals surface area contributed by atoms with Crippen molar-refractivity contribution in [2.24, 2.45) is 4.99 Å². The second-order valence-corrected chi connectivity index (χ2v) is 6.79. The predicted molar refractivity (Wildman–Crippen MR) is 115 cm³/mol. The van der Waals surface area contributed by atoms with Crippen LogP contribution in [0.15, 0.2) is 29.3 Å². The lowest BCUT2D eigenvalue weighted by Crippen LogP contribution is -2.32. The maximum Gasteiger partial charge on any atom is 0.211 e. The number of nitriles is 3. The number of anilines is 3. The van der Waals surface area contributed by atoms with Crippen LogP contribution >= 0.6 is 0 Å². The number of fused-ring (bicyclic) bond motifs is 1. The molecule has 1 aromatic carbocycles. The van der Waals surface area contributed by atoms with Crippen molar-refractivity contribution >= 4 is 23.3 Å². The van der Waals surface area contributed by atoms with E-state index in [9.17, 15) is 5.26 Å². The molecule has 2 aromatic rings. The van der Waals surface area contributed by atoms with Gasteiger partial charge in [0.2, 0.25) is 5.96 Å². The number of nitrogens with two attached hydrogens (primary N) is 2. The molecule has 0 fully saturated rings. The zero-order valence-corrected chi connectivity index (χ0v) is 16.7. The molecule has 3 rings (SSSR count). The zero-order valence-electron chi connectivity index (χ0n) is 16.7. The lowest BCUT2D eigenvalue weighted by atomic mass is 9.95. The molecular weight excluding hydrogens is 394 g/mol. The third kappa shape index (κ3) is 4.75.